The highest BCUT2D eigenvalue weighted by atomic mass is 35.5. The largest absolute Gasteiger partial charge is 0.496 e. The molecule has 2 amide bonds. The van der Waals surface area contributed by atoms with E-state index in [4.69, 9.17) is 16.3 Å². The third kappa shape index (κ3) is 4.72. The number of nitrogens with zero attached hydrogens (tertiary/aromatic N) is 4. The number of piperazine rings is 1. The van der Waals surface area contributed by atoms with Crippen molar-refractivity contribution < 1.29 is 9.53 Å². The Morgan fingerprint density at radius 1 is 1.03 bits per heavy atom. The molecule has 1 aromatic heterocycles. The quantitative estimate of drug-likeness (QED) is 0.652. The minimum atomic E-state index is -0.123. The Bertz CT molecular complexity index is 1070. The number of amides is 2. The molecule has 0 spiro atoms. The van der Waals surface area contributed by atoms with Gasteiger partial charge in [0, 0.05) is 42.5 Å². The van der Waals surface area contributed by atoms with Crippen LogP contribution < -0.4 is 15.0 Å². The highest BCUT2D eigenvalue weighted by Crippen LogP contribution is 2.28. The minimum Gasteiger partial charge on any atom is -0.496 e. The molecule has 31 heavy (non-hydrogen) atoms. The SMILES string of the molecule is COc1ccccc1-c1ccc(N2CCN(C(=O)Nc3cc(Cl)ccc3C)CC2)nn1. The molecule has 1 aliphatic rings. The van der Waals surface area contributed by atoms with Gasteiger partial charge >= 0.3 is 6.03 Å². The number of nitrogens with one attached hydrogen (secondary N) is 1. The normalized spacial score (nSPS) is 13.8. The Kier molecular flexibility index (Phi) is 6.23. The maximum atomic E-state index is 12.6. The van der Waals surface area contributed by atoms with Gasteiger partial charge in [0.15, 0.2) is 5.82 Å². The smallest absolute Gasteiger partial charge is 0.321 e. The molecule has 4 rings (SSSR count). The summed E-state index contributed by atoms with van der Waals surface area (Å²) >= 11 is 6.05. The molecule has 0 saturated carbocycles. The van der Waals surface area contributed by atoms with E-state index in [0.717, 1.165) is 34.1 Å². The van der Waals surface area contributed by atoms with E-state index < -0.39 is 0 Å². The van der Waals surface area contributed by atoms with E-state index in [9.17, 15) is 4.79 Å². The van der Waals surface area contributed by atoms with E-state index in [0.29, 0.717) is 31.2 Å². The van der Waals surface area contributed by atoms with Crippen LogP contribution >= 0.6 is 11.6 Å². The van der Waals surface area contributed by atoms with Crippen molar-refractivity contribution in [3.8, 4) is 17.0 Å². The molecule has 0 aliphatic carbocycles. The van der Waals surface area contributed by atoms with Gasteiger partial charge in [-0.1, -0.05) is 29.8 Å². The van der Waals surface area contributed by atoms with Crippen LogP contribution in [0.15, 0.2) is 54.6 Å². The molecule has 1 N–H and O–H groups in total. The molecule has 1 fully saturated rings. The topological polar surface area (TPSA) is 70.6 Å². The number of para-hydroxylation sites is 1. The van der Waals surface area contributed by atoms with Crippen molar-refractivity contribution in [3.05, 3.63) is 65.2 Å². The van der Waals surface area contributed by atoms with Crippen LogP contribution in [0.4, 0.5) is 16.3 Å². The number of aryl methyl sites for hydroxylation is 1. The Hall–Kier alpha value is -3.32. The van der Waals surface area contributed by atoms with Crippen LogP contribution in [0, 0.1) is 6.92 Å². The van der Waals surface area contributed by atoms with E-state index in [1.54, 1.807) is 18.1 Å². The standard InChI is InChI=1S/C23H24ClN5O2/c1-16-7-8-17(24)15-20(16)25-23(30)29-13-11-28(12-14-29)22-10-9-19(26-27-22)18-5-3-4-6-21(18)31-2/h3-10,15H,11-14H2,1-2H3,(H,25,30). The first kappa shape index (κ1) is 20.9. The molecule has 0 radical (unpaired) electrons. The third-order valence-corrected chi connectivity index (χ3v) is 5.60. The summed E-state index contributed by atoms with van der Waals surface area (Å²) in [6, 6.07) is 17.0. The van der Waals surface area contributed by atoms with Crippen molar-refractivity contribution in [1.82, 2.24) is 15.1 Å². The second-order valence-electron chi connectivity index (χ2n) is 7.34. The van der Waals surface area contributed by atoms with E-state index in [-0.39, 0.29) is 6.03 Å². The van der Waals surface area contributed by atoms with Crippen LogP contribution in [0.1, 0.15) is 5.56 Å². The average molecular weight is 438 g/mol. The maximum Gasteiger partial charge on any atom is 0.321 e. The number of hydrogen-bond donors (Lipinski definition) is 1. The summed E-state index contributed by atoms with van der Waals surface area (Å²) in [5.74, 6) is 1.56. The molecule has 1 aliphatic heterocycles. The van der Waals surface area contributed by atoms with Gasteiger partial charge in [-0.3, -0.25) is 0 Å². The number of hydrogen-bond acceptors (Lipinski definition) is 5. The second kappa shape index (κ2) is 9.22. The molecule has 8 heteroatoms. The number of ether oxygens (including phenoxy) is 1. The monoisotopic (exact) mass is 437 g/mol. The average Bonchev–Trinajstić information content (AvgIpc) is 2.81. The first-order chi connectivity index (χ1) is 15.0. The van der Waals surface area contributed by atoms with Crippen LogP contribution in [0.25, 0.3) is 11.3 Å². The summed E-state index contributed by atoms with van der Waals surface area (Å²) in [4.78, 5) is 16.6. The number of carbonyl (C=O) groups excluding carboxylic acids is 1. The van der Waals surface area contributed by atoms with Crippen molar-refractivity contribution in [2.24, 2.45) is 0 Å². The van der Waals surface area contributed by atoms with Crippen LogP contribution in [0.3, 0.4) is 0 Å². The number of urea groups is 1. The number of carbonyl (C=O) groups is 1. The summed E-state index contributed by atoms with van der Waals surface area (Å²) in [6.07, 6.45) is 0. The summed E-state index contributed by atoms with van der Waals surface area (Å²) in [5.41, 5.74) is 3.37. The Morgan fingerprint density at radius 3 is 2.52 bits per heavy atom. The first-order valence-electron chi connectivity index (χ1n) is 10.1. The van der Waals surface area contributed by atoms with Gasteiger partial charge in [-0.15, -0.1) is 10.2 Å². The maximum absolute atomic E-state index is 12.6. The zero-order valence-corrected chi connectivity index (χ0v) is 18.3. The van der Waals surface area contributed by atoms with Crippen LogP contribution in [-0.2, 0) is 0 Å². The van der Waals surface area contributed by atoms with Crippen molar-refractivity contribution in [1.29, 1.82) is 0 Å². The number of anilines is 2. The van der Waals surface area contributed by atoms with E-state index in [1.807, 2.05) is 55.5 Å². The van der Waals surface area contributed by atoms with Crippen LogP contribution in [0.5, 0.6) is 5.75 Å². The van der Waals surface area contributed by atoms with Gasteiger partial charge in [0.2, 0.25) is 0 Å². The number of rotatable bonds is 4. The molecule has 3 aromatic rings. The van der Waals surface area contributed by atoms with Crippen molar-refractivity contribution in [3.63, 3.8) is 0 Å². The predicted octanol–water partition coefficient (Wildman–Crippen LogP) is 4.47. The van der Waals surface area contributed by atoms with E-state index in [1.165, 1.54) is 0 Å². The number of benzene rings is 2. The molecule has 2 aromatic carbocycles. The van der Waals surface area contributed by atoms with E-state index >= 15 is 0 Å². The molecule has 160 valence electrons. The number of halogens is 1. The highest BCUT2D eigenvalue weighted by molar-refractivity contribution is 6.31. The van der Waals surface area contributed by atoms with E-state index in [2.05, 4.69) is 20.4 Å². The van der Waals surface area contributed by atoms with Gasteiger partial charge in [-0.2, -0.15) is 0 Å². The molecular weight excluding hydrogens is 414 g/mol. The summed E-state index contributed by atoms with van der Waals surface area (Å²) in [7, 11) is 1.64. The minimum absolute atomic E-state index is 0.123. The molecule has 7 nitrogen and oxygen atoms in total. The van der Waals surface area contributed by atoms with Gasteiger partial charge in [0.05, 0.1) is 12.8 Å². The zero-order valence-electron chi connectivity index (χ0n) is 17.5. The Balaban J connectivity index is 1.37. The van der Waals surface area contributed by atoms with Crippen LogP contribution in [-0.4, -0.2) is 54.4 Å². The summed E-state index contributed by atoms with van der Waals surface area (Å²) < 4.78 is 5.41. The van der Waals surface area contributed by atoms with Gasteiger partial charge in [-0.05, 0) is 48.9 Å². The molecule has 2 heterocycles. The fourth-order valence-corrected chi connectivity index (χ4v) is 3.73. The fourth-order valence-electron chi connectivity index (χ4n) is 3.56. The lowest BCUT2D eigenvalue weighted by atomic mass is 10.1. The lowest BCUT2D eigenvalue weighted by molar-refractivity contribution is 0.208. The van der Waals surface area contributed by atoms with Gasteiger partial charge in [0.25, 0.3) is 0 Å². The fraction of sp³-hybridized carbons (Fsp3) is 0.261. The predicted molar refractivity (Wildman–Crippen MR) is 123 cm³/mol. The number of methoxy groups -OCH3 is 1. The van der Waals surface area contributed by atoms with Crippen molar-refractivity contribution in [2.75, 3.05) is 43.5 Å². The lowest BCUT2D eigenvalue weighted by Crippen LogP contribution is -2.50. The highest BCUT2D eigenvalue weighted by Gasteiger charge is 2.22. The Labute approximate surface area is 186 Å². The van der Waals surface area contributed by atoms with Gasteiger partial charge in [-0.25, -0.2) is 4.79 Å². The van der Waals surface area contributed by atoms with Crippen molar-refractivity contribution >= 4 is 29.1 Å². The van der Waals surface area contributed by atoms with Crippen molar-refractivity contribution in [2.45, 2.75) is 6.92 Å². The lowest BCUT2D eigenvalue weighted by Gasteiger charge is -2.35. The Morgan fingerprint density at radius 2 is 1.81 bits per heavy atom. The summed E-state index contributed by atoms with van der Waals surface area (Å²) in [5, 5.41) is 12.3. The molecule has 0 unspecified atom stereocenters. The summed E-state index contributed by atoms with van der Waals surface area (Å²) in [6.45, 7) is 4.51. The zero-order chi connectivity index (χ0) is 21.8. The first-order valence-corrected chi connectivity index (χ1v) is 10.5. The number of aromatic nitrogens is 2. The molecule has 0 bridgehead atoms. The molecular formula is C23H24ClN5O2. The third-order valence-electron chi connectivity index (χ3n) is 5.37. The van der Waals surface area contributed by atoms with Gasteiger partial charge < -0.3 is 19.9 Å². The van der Waals surface area contributed by atoms with Gasteiger partial charge in [0.1, 0.15) is 5.75 Å². The molecule has 1 saturated heterocycles. The molecule has 0 atom stereocenters. The van der Waals surface area contributed by atoms with Crippen LogP contribution in [0.2, 0.25) is 5.02 Å². The second-order valence-corrected chi connectivity index (χ2v) is 7.78.